The Labute approximate surface area is 118 Å². The maximum atomic E-state index is 12.0. The van der Waals surface area contributed by atoms with Crippen LogP contribution in [0, 0.1) is 0 Å². The minimum absolute atomic E-state index is 0.0883. The van der Waals surface area contributed by atoms with Gasteiger partial charge in [0.2, 0.25) is 0 Å². The number of halogens is 1. The molecule has 19 heavy (non-hydrogen) atoms. The molecule has 1 aromatic heterocycles. The molecular weight excluding hydrogens is 284 g/mol. The highest BCUT2D eigenvalue weighted by Gasteiger charge is 2.39. The van der Waals surface area contributed by atoms with E-state index < -0.39 is 0 Å². The van der Waals surface area contributed by atoms with E-state index in [0.29, 0.717) is 16.7 Å². The first-order chi connectivity index (χ1) is 9.15. The molecule has 1 aliphatic rings. The van der Waals surface area contributed by atoms with Gasteiger partial charge >= 0.3 is 16.9 Å². The molecule has 1 aliphatic heterocycles. The third kappa shape index (κ3) is 2.27. The van der Waals surface area contributed by atoms with Crippen molar-refractivity contribution < 1.29 is 14.2 Å². The van der Waals surface area contributed by atoms with E-state index >= 15 is 0 Å². The zero-order valence-electron chi connectivity index (χ0n) is 9.88. The second-order valence-electron chi connectivity index (χ2n) is 4.24. The summed E-state index contributed by atoms with van der Waals surface area (Å²) in [5.74, 6) is -0.351. The summed E-state index contributed by atoms with van der Waals surface area (Å²) in [7, 11) is 0. The zero-order valence-corrected chi connectivity index (χ0v) is 11.4. The van der Waals surface area contributed by atoms with Gasteiger partial charge in [-0.25, -0.2) is 9.59 Å². The lowest BCUT2D eigenvalue weighted by Crippen LogP contribution is -2.54. The van der Waals surface area contributed by atoms with Gasteiger partial charge in [-0.1, -0.05) is 35.1 Å². The molecule has 1 aromatic carbocycles. The molecule has 0 atom stereocenters. The number of carbonyl (C=O) groups is 2. The molecule has 6 heteroatoms. The number of carbonyl (C=O) groups excluding carboxylic acids is 2. The minimum atomic E-state index is -0.177. The number of anilines is 1. The summed E-state index contributed by atoms with van der Waals surface area (Å²) < 4.78 is 1.52. The normalized spacial score (nSPS) is 14.7. The second-order valence-corrected chi connectivity index (χ2v) is 5.55. The Hall–Kier alpha value is -1.72. The number of aromatic nitrogens is 1. The van der Waals surface area contributed by atoms with Crippen LogP contribution in [0.15, 0.2) is 35.8 Å². The summed E-state index contributed by atoms with van der Waals surface area (Å²) in [6, 6.07) is 7.37. The van der Waals surface area contributed by atoms with Crippen LogP contribution in [-0.4, -0.2) is 11.8 Å². The molecule has 96 valence electrons. The SMILES string of the molecule is O=C1CC(=O)[n+]2ccsc2N1Cc1cccc(Cl)c1. The smallest absolute Gasteiger partial charge is 0.246 e. The van der Waals surface area contributed by atoms with Gasteiger partial charge in [-0.2, -0.15) is 9.47 Å². The quantitative estimate of drug-likeness (QED) is 0.629. The molecule has 4 nitrogen and oxygen atoms in total. The Morgan fingerprint density at radius 2 is 2.21 bits per heavy atom. The fourth-order valence-electron chi connectivity index (χ4n) is 2.05. The van der Waals surface area contributed by atoms with E-state index in [1.54, 1.807) is 22.5 Å². The third-order valence-electron chi connectivity index (χ3n) is 2.92. The molecule has 0 radical (unpaired) electrons. The molecule has 0 saturated heterocycles. The lowest BCUT2D eigenvalue weighted by molar-refractivity contribution is -0.557. The molecule has 0 spiro atoms. The van der Waals surface area contributed by atoms with Crippen molar-refractivity contribution in [2.45, 2.75) is 13.0 Å². The van der Waals surface area contributed by atoms with Crippen molar-refractivity contribution in [1.29, 1.82) is 0 Å². The Balaban J connectivity index is 1.95. The summed E-state index contributed by atoms with van der Waals surface area (Å²) >= 11 is 7.32. The lowest BCUT2D eigenvalue weighted by atomic mass is 10.2. The second kappa shape index (κ2) is 4.75. The van der Waals surface area contributed by atoms with E-state index in [1.807, 2.05) is 18.2 Å². The first-order valence-corrected chi connectivity index (χ1v) is 6.98. The van der Waals surface area contributed by atoms with E-state index in [-0.39, 0.29) is 18.2 Å². The van der Waals surface area contributed by atoms with Gasteiger partial charge in [0.25, 0.3) is 0 Å². The van der Waals surface area contributed by atoms with E-state index in [1.165, 1.54) is 15.9 Å². The first kappa shape index (κ1) is 12.3. The van der Waals surface area contributed by atoms with Gasteiger partial charge in [-0.15, -0.1) is 0 Å². The number of amides is 1. The summed E-state index contributed by atoms with van der Waals surface area (Å²) in [6.07, 6.45) is 1.61. The van der Waals surface area contributed by atoms with E-state index in [2.05, 4.69) is 0 Å². The monoisotopic (exact) mass is 293 g/mol. The number of fused-ring (bicyclic) bond motifs is 1. The third-order valence-corrected chi connectivity index (χ3v) is 4.04. The van der Waals surface area contributed by atoms with Crippen LogP contribution in [0.2, 0.25) is 5.02 Å². The first-order valence-electron chi connectivity index (χ1n) is 5.72. The highest BCUT2D eigenvalue weighted by atomic mass is 35.5. The van der Waals surface area contributed by atoms with Crippen LogP contribution in [-0.2, 0) is 11.3 Å². The van der Waals surface area contributed by atoms with Crippen LogP contribution in [0.1, 0.15) is 16.8 Å². The number of benzene rings is 1. The van der Waals surface area contributed by atoms with E-state index in [0.717, 1.165) is 5.56 Å². The van der Waals surface area contributed by atoms with Crippen LogP contribution in [0.4, 0.5) is 5.13 Å². The maximum Gasteiger partial charge on any atom is 0.351 e. The van der Waals surface area contributed by atoms with E-state index in [9.17, 15) is 9.59 Å². The average Bonchev–Trinajstić information content (AvgIpc) is 2.84. The largest absolute Gasteiger partial charge is 0.351 e. The van der Waals surface area contributed by atoms with Gasteiger partial charge in [-0.3, -0.25) is 0 Å². The van der Waals surface area contributed by atoms with Gasteiger partial charge in [0.05, 0.1) is 0 Å². The maximum absolute atomic E-state index is 12.0. The van der Waals surface area contributed by atoms with Crippen LogP contribution >= 0.6 is 22.9 Å². The molecule has 0 unspecified atom stereocenters. The number of hydrogen-bond acceptors (Lipinski definition) is 3. The van der Waals surface area contributed by atoms with Gasteiger partial charge in [-0.05, 0) is 17.7 Å². The fourth-order valence-corrected chi connectivity index (χ4v) is 3.13. The Morgan fingerprint density at radius 1 is 1.37 bits per heavy atom. The van der Waals surface area contributed by atoms with Gasteiger partial charge in [0.15, 0.2) is 6.42 Å². The molecular formula is C13H10ClN2O2S+. The van der Waals surface area contributed by atoms with Crippen molar-refractivity contribution in [2.24, 2.45) is 0 Å². The number of rotatable bonds is 2. The average molecular weight is 294 g/mol. The molecule has 0 bridgehead atoms. The standard InChI is InChI=1S/C13H10ClN2O2S/c14-10-3-1-2-9(6-10)8-16-12(18)7-11(17)15-4-5-19-13(15)16/h1-6H,7-8H2/q+1. The van der Waals surface area contributed by atoms with Crippen LogP contribution in [0.5, 0.6) is 0 Å². The van der Waals surface area contributed by atoms with Gasteiger partial charge < -0.3 is 0 Å². The number of thiazole rings is 1. The zero-order chi connectivity index (χ0) is 13.4. The summed E-state index contributed by atoms with van der Waals surface area (Å²) in [5.41, 5.74) is 0.940. The molecule has 3 rings (SSSR count). The number of nitrogens with zero attached hydrogens (tertiary/aromatic N) is 2. The Bertz CT molecular complexity index is 668. The molecule has 0 aliphatic carbocycles. The fraction of sp³-hybridized carbons (Fsp3) is 0.154. The van der Waals surface area contributed by atoms with Crippen LogP contribution in [0.3, 0.4) is 0 Å². The minimum Gasteiger partial charge on any atom is -0.246 e. The van der Waals surface area contributed by atoms with Crippen LogP contribution < -0.4 is 9.47 Å². The Morgan fingerprint density at radius 3 is 3.00 bits per heavy atom. The van der Waals surface area contributed by atoms with Crippen molar-refractivity contribution in [3.8, 4) is 0 Å². The van der Waals surface area contributed by atoms with Crippen molar-refractivity contribution in [2.75, 3.05) is 4.90 Å². The van der Waals surface area contributed by atoms with E-state index in [4.69, 9.17) is 11.6 Å². The molecule has 2 heterocycles. The van der Waals surface area contributed by atoms with Crippen molar-refractivity contribution in [3.05, 3.63) is 46.4 Å². The topological polar surface area (TPSA) is 41.3 Å². The molecule has 0 saturated carbocycles. The predicted octanol–water partition coefficient (Wildman–Crippen LogP) is 2.27. The molecule has 0 fully saturated rings. The van der Waals surface area contributed by atoms with Crippen molar-refractivity contribution in [3.63, 3.8) is 0 Å². The predicted molar refractivity (Wildman–Crippen MR) is 72.4 cm³/mol. The van der Waals surface area contributed by atoms with Gasteiger partial charge in [0, 0.05) is 10.4 Å². The molecule has 2 aromatic rings. The molecule has 0 N–H and O–H groups in total. The van der Waals surface area contributed by atoms with Crippen molar-refractivity contribution >= 4 is 39.9 Å². The highest BCUT2D eigenvalue weighted by Crippen LogP contribution is 2.23. The summed E-state index contributed by atoms with van der Waals surface area (Å²) in [4.78, 5) is 25.4. The Kier molecular flexibility index (Phi) is 3.08. The van der Waals surface area contributed by atoms with Crippen LogP contribution in [0.25, 0.3) is 0 Å². The van der Waals surface area contributed by atoms with Crippen molar-refractivity contribution in [1.82, 2.24) is 0 Å². The summed E-state index contributed by atoms with van der Waals surface area (Å²) in [5, 5.41) is 3.09. The lowest BCUT2D eigenvalue weighted by Gasteiger charge is -2.17. The number of hydrogen-bond donors (Lipinski definition) is 0. The molecule has 1 amide bonds. The summed E-state index contributed by atoms with van der Waals surface area (Å²) in [6.45, 7) is 0.424. The van der Waals surface area contributed by atoms with Gasteiger partial charge in [0.1, 0.15) is 12.7 Å². The highest BCUT2D eigenvalue weighted by molar-refractivity contribution is 7.13.